The summed E-state index contributed by atoms with van der Waals surface area (Å²) in [6, 6.07) is 11.8. The Morgan fingerprint density at radius 2 is 1.70 bits per heavy atom. The minimum Gasteiger partial charge on any atom is -0.493 e. The Labute approximate surface area is 194 Å². The van der Waals surface area contributed by atoms with Gasteiger partial charge in [0.2, 0.25) is 5.75 Å². The number of benzene rings is 2. The summed E-state index contributed by atoms with van der Waals surface area (Å²) in [5.74, 6) is 2.40. The van der Waals surface area contributed by atoms with Crippen LogP contribution in [0.4, 0.5) is 0 Å². The molecule has 2 N–H and O–H groups in total. The molecule has 8 nitrogen and oxygen atoms in total. The number of quaternary nitrogens is 1. The summed E-state index contributed by atoms with van der Waals surface area (Å²) in [5, 5.41) is 0.998. The summed E-state index contributed by atoms with van der Waals surface area (Å²) in [6.45, 7) is 3.36. The van der Waals surface area contributed by atoms with Crippen molar-refractivity contribution in [1.82, 2.24) is 4.98 Å². The number of nitrogens with zero attached hydrogens (tertiary/aromatic N) is 2. The van der Waals surface area contributed by atoms with Crippen LogP contribution in [0.1, 0.15) is 17.3 Å². The number of hydrogen-bond acceptors (Lipinski definition) is 7. The SMILES string of the molecule is COc1cc(COc2c(C(N)[N+]3(C)CCOCC3)ccc3cccnc23)cc(OC)c1OC. The summed E-state index contributed by atoms with van der Waals surface area (Å²) < 4.78 is 29.1. The second-order valence-electron chi connectivity index (χ2n) is 8.37. The molecule has 3 aromatic rings. The monoisotopic (exact) mass is 454 g/mol. The number of hydrogen-bond donors (Lipinski definition) is 1. The van der Waals surface area contributed by atoms with Crippen LogP contribution in [-0.4, -0.2) is 64.1 Å². The predicted molar refractivity (Wildman–Crippen MR) is 126 cm³/mol. The molecule has 2 heterocycles. The fourth-order valence-electron chi connectivity index (χ4n) is 4.27. The van der Waals surface area contributed by atoms with E-state index in [4.69, 9.17) is 29.4 Å². The van der Waals surface area contributed by atoms with E-state index in [1.807, 2.05) is 24.3 Å². The van der Waals surface area contributed by atoms with Crippen LogP contribution in [0.25, 0.3) is 10.9 Å². The van der Waals surface area contributed by atoms with Crippen molar-refractivity contribution in [3.8, 4) is 23.0 Å². The lowest BCUT2D eigenvalue weighted by Crippen LogP contribution is -2.56. The lowest BCUT2D eigenvalue weighted by molar-refractivity contribution is -0.946. The van der Waals surface area contributed by atoms with E-state index in [-0.39, 0.29) is 6.17 Å². The van der Waals surface area contributed by atoms with Gasteiger partial charge in [-0.25, -0.2) is 0 Å². The zero-order valence-corrected chi connectivity index (χ0v) is 19.7. The maximum Gasteiger partial charge on any atom is 0.203 e. The highest BCUT2D eigenvalue weighted by Crippen LogP contribution is 2.40. The molecule has 33 heavy (non-hydrogen) atoms. The Hall–Kier alpha value is -3.07. The minimum atomic E-state index is -0.268. The molecule has 1 aromatic heterocycles. The highest BCUT2D eigenvalue weighted by Gasteiger charge is 2.35. The molecule has 0 aliphatic carbocycles. The molecule has 1 aliphatic rings. The Morgan fingerprint density at radius 1 is 1.00 bits per heavy atom. The molecule has 0 bridgehead atoms. The van der Waals surface area contributed by atoms with Crippen molar-refractivity contribution in [3.63, 3.8) is 0 Å². The molecule has 1 atom stereocenters. The molecule has 0 amide bonds. The first-order valence-corrected chi connectivity index (χ1v) is 11.0. The van der Waals surface area contributed by atoms with Crippen molar-refractivity contribution in [2.24, 2.45) is 5.73 Å². The summed E-state index contributed by atoms with van der Waals surface area (Å²) in [4.78, 5) is 4.62. The Bertz CT molecular complexity index is 1090. The van der Waals surface area contributed by atoms with Crippen LogP contribution >= 0.6 is 0 Å². The van der Waals surface area contributed by atoms with Gasteiger partial charge in [-0.2, -0.15) is 0 Å². The maximum absolute atomic E-state index is 6.85. The van der Waals surface area contributed by atoms with Gasteiger partial charge in [0, 0.05) is 11.6 Å². The number of nitrogens with two attached hydrogens (primary N) is 1. The van der Waals surface area contributed by atoms with Crippen molar-refractivity contribution in [2.75, 3.05) is 54.7 Å². The van der Waals surface area contributed by atoms with Gasteiger partial charge in [-0.15, -0.1) is 0 Å². The van der Waals surface area contributed by atoms with Gasteiger partial charge in [0.15, 0.2) is 23.4 Å². The number of methoxy groups -OCH3 is 3. The molecular formula is C25H32N3O5+. The Morgan fingerprint density at radius 3 is 2.33 bits per heavy atom. The lowest BCUT2D eigenvalue weighted by atomic mass is 10.0. The standard InChI is InChI=1S/C25H32N3O5/c1-28(10-12-32-13-11-28)25(26)19-8-7-18-6-5-9-27-22(18)23(19)33-16-17-14-20(29-2)24(31-4)21(15-17)30-3/h5-9,14-15,25H,10-13,16,26H2,1-4H3/q+1. The van der Waals surface area contributed by atoms with E-state index in [0.29, 0.717) is 47.3 Å². The number of ether oxygens (including phenoxy) is 5. The topological polar surface area (TPSA) is 85.1 Å². The van der Waals surface area contributed by atoms with Crippen molar-refractivity contribution >= 4 is 10.9 Å². The van der Waals surface area contributed by atoms with Gasteiger partial charge < -0.3 is 28.2 Å². The lowest BCUT2D eigenvalue weighted by Gasteiger charge is -2.42. The van der Waals surface area contributed by atoms with E-state index in [2.05, 4.69) is 24.2 Å². The highest BCUT2D eigenvalue weighted by molar-refractivity contribution is 5.85. The second kappa shape index (κ2) is 9.82. The number of fused-ring (bicyclic) bond motifs is 1. The molecule has 1 fully saturated rings. The van der Waals surface area contributed by atoms with E-state index in [9.17, 15) is 0 Å². The summed E-state index contributed by atoms with van der Waals surface area (Å²) >= 11 is 0. The summed E-state index contributed by atoms with van der Waals surface area (Å²) in [6.07, 6.45) is 1.50. The molecule has 2 aromatic carbocycles. The predicted octanol–water partition coefficient (Wildman–Crippen LogP) is 3.27. The van der Waals surface area contributed by atoms with Gasteiger partial charge >= 0.3 is 0 Å². The molecule has 4 rings (SSSR count). The Balaban J connectivity index is 1.72. The molecule has 0 radical (unpaired) electrons. The van der Waals surface area contributed by atoms with E-state index in [1.165, 1.54) is 0 Å². The van der Waals surface area contributed by atoms with Gasteiger partial charge in [-0.3, -0.25) is 10.7 Å². The zero-order chi connectivity index (χ0) is 23.4. The first kappa shape index (κ1) is 23.1. The van der Waals surface area contributed by atoms with Crippen LogP contribution in [0.5, 0.6) is 23.0 Å². The number of likely N-dealkylation sites (N-methyl/N-ethyl adjacent to an activating group) is 1. The molecule has 1 unspecified atom stereocenters. The van der Waals surface area contributed by atoms with Gasteiger partial charge in [0.25, 0.3) is 0 Å². The van der Waals surface area contributed by atoms with Crippen molar-refractivity contribution in [2.45, 2.75) is 12.8 Å². The van der Waals surface area contributed by atoms with E-state index in [0.717, 1.165) is 35.1 Å². The van der Waals surface area contributed by atoms with Crippen molar-refractivity contribution < 1.29 is 28.2 Å². The maximum atomic E-state index is 6.85. The molecule has 1 aliphatic heterocycles. The van der Waals surface area contributed by atoms with Crippen LogP contribution in [0.15, 0.2) is 42.6 Å². The van der Waals surface area contributed by atoms with Gasteiger partial charge in [-0.1, -0.05) is 12.1 Å². The summed E-state index contributed by atoms with van der Waals surface area (Å²) in [5.41, 5.74) is 9.44. The first-order valence-electron chi connectivity index (χ1n) is 11.0. The molecular weight excluding hydrogens is 422 g/mol. The fraction of sp³-hybridized carbons (Fsp3) is 0.400. The first-order chi connectivity index (χ1) is 16.0. The second-order valence-corrected chi connectivity index (χ2v) is 8.37. The zero-order valence-electron chi connectivity index (χ0n) is 19.7. The molecule has 0 saturated carbocycles. The largest absolute Gasteiger partial charge is 0.493 e. The van der Waals surface area contributed by atoms with Gasteiger partial charge in [0.05, 0.1) is 47.2 Å². The van der Waals surface area contributed by atoms with Crippen LogP contribution in [0.2, 0.25) is 0 Å². The average molecular weight is 455 g/mol. The molecule has 0 spiro atoms. The van der Waals surface area contributed by atoms with Crippen LogP contribution in [-0.2, 0) is 11.3 Å². The number of pyridine rings is 1. The third-order valence-corrected chi connectivity index (χ3v) is 6.35. The molecule has 1 saturated heterocycles. The third-order valence-electron chi connectivity index (χ3n) is 6.35. The smallest absolute Gasteiger partial charge is 0.203 e. The average Bonchev–Trinajstić information content (AvgIpc) is 2.86. The van der Waals surface area contributed by atoms with Crippen LogP contribution in [0.3, 0.4) is 0 Å². The number of rotatable bonds is 8. The number of aromatic nitrogens is 1. The summed E-state index contributed by atoms with van der Waals surface area (Å²) in [7, 11) is 6.94. The van der Waals surface area contributed by atoms with Gasteiger partial charge in [0.1, 0.15) is 25.2 Å². The molecule has 176 valence electrons. The highest BCUT2D eigenvalue weighted by atomic mass is 16.5. The Kier molecular flexibility index (Phi) is 6.88. The van der Waals surface area contributed by atoms with E-state index < -0.39 is 0 Å². The van der Waals surface area contributed by atoms with E-state index >= 15 is 0 Å². The van der Waals surface area contributed by atoms with Gasteiger partial charge in [-0.05, 0) is 29.8 Å². The van der Waals surface area contributed by atoms with Crippen molar-refractivity contribution in [1.29, 1.82) is 0 Å². The van der Waals surface area contributed by atoms with E-state index in [1.54, 1.807) is 27.5 Å². The normalized spacial score (nSPS) is 16.3. The van der Waals surface area contributed by atoms with Crippen LogP contribution in [0, 0.1) is 0 Å². The quantitative estimate of drug-likeness (QED) is 0.523. The minimum absolute atomic E-state index is 0.268. The number of morpholine rings is 1. The third kappa shape index (κ3) is 4.55. The fourth-order valence-corrected chi connectivity index (χ4v) is 4.27. The molecule has 8 heteroatoms. The van der Waals surface area contributed by atoms with Crippen LogP contribution < -0.4 is 24.7 Å². The van der Waals surface area contributed by atoms with Crippen molar-refractivity contribution in [3.05, 3.63) is 53.7 Å².